The van der Waals surface area contributed by atoms with Crippen LogP contribution in [-0.2, 0) is 12.8 Å². The van der Waals surface area contributed by atoms with Crippen LogP contribution in [0.25, 0.3) is 11.1 Å². The first kappa shape index (κ1) is 27.8. The fraction of sp³-hybridized carbons (Fsp3) is 0.333. The van der Waals surface area contributed by atoms with Gasteiger partial charge < -0.3 is 32.4 Å². The van der Waals surface area contributed by atoms with Gasteiger partial charge in [0.2, 0.25) is 11.9 Å². The number of nitrogen functional groups attached to an aromatic ring is 4. The third kappa shape index (κ3) is 6.87. The summed E-state index contributed by atoms with van der Waals surface area (Å²) >= 11 is 0. The maximum absolute atomic E-state index is 6.07. The van der Waals surface area contributed by atoms with E-state index in [0.717, 1.165) is 22.6 Å². The quantitative estimate of drug-likeness (QED) is 0.322. The van der Waals surface area contributed by atoms with Crippen LogP contribution < -0.4 is 32.4 Å². The van der Waals surface area contributed by atoms with Gasteiger partial charge in [-0.15, -0.1) is 24.8 Å². The highest BCUT2D eigenvalue weighted by Crippen LogP contribution is 2.30. The van der Waals surface area contributed by atoms with Crippen molar-refractivity contribution in [3.8, 4) is 22.6 Å². The van der Waals surface area contributed by atoms with Crippen molar-refractivity contribution in [2.45, 2.75) is 33.1 Å². The third-order valence-electron chi connectivity index (χ3n) is 4.63. The molecule has 3 aromatic rings. The van der Waals surface area contributed by atoms with Crippen LogP contribution in [0.5, 0.6) is 11.5 Å². The number of hydrogen-bond donors (Lipinski definition) is 4. The summed E-state index contributed by atoms with van der Waals surface area (Å²) in [5, 5.41) is 0. The average Bonchev–Trinajstić information content (AvgIpc) is 2.74. The number of ether oxygens (including phenoxy) is 2. The summed E-state index contributed by atoms with van der Waals surface area (Å²) in [5.41, 5.74) is 26.5. The third-order valence-corrected chi connectivity index (χ3v) is 4.63. The summed E-state index contributed by atoms with van der Waals surface area (Å²) in [6.07, 6.45) is 2.01. The Morgan fingerprint density at radius 2 is 1.24 bits per heavy atom. The molecule has 0 bridgehead atoms. The Morgan fingerprint density at radius 3 is 1.85 bits per heavy atom. The van der Waals surface area contributed by atoms with Crippen molar-refractivity contribution in [2.24, 2.45) is 0 Å². The molecule has 180 valence electrons. The number of aromatic nitrogens is 4. The van der Waals surface area contributed by atoms with E-state index in [-0.39, 0.29) is 42.5 Å². The predicted molar refractivity (Wildman–Crippen MR) is 136 cm³/mol. The van der Waals surface area contributed by atoms with Crippen LogP contribution in [0.1, 0.15) is 31.7 Å². The van der Waals surface area contributed by atoms with Crippen LogP contribution in [0.2, 0.25) is 0 Å². The van der Waals surface area contributed by atoms with E-state index < -0.39 is 0 Å². The Kier molecular flexibility index (Phi) is 10.7. The van der Waals surface area contributed by atoms with Gasteiger partial charge in [-0.3, -0.25) is 0 Å². The summed E-state index contributed by atoms with van der Waals surface area (Å²) in [5.74, 6) is 2.16. The van der Waals surface area contributed by atoms with Crippen LogP contribution in [0.3, 0.4) is 0 Å². The van der Waals surface area contributed by atoms with E-state index in [9.17, 15) is 0 Å². The second-order valence-electron chi connectivity index (χ2n) is 6.81. The molecule has 0 fully saturated rings. The largest absolute Gasteiger partial charge is 0.493 e. The number of rotatable bonds is 9. The highest BCUT2D eigenvalue weighted by atomic mass is 35.5. The van der Waals surface area contributed by atoms with Gasteiger partial charge in [0.25, 0.3) is 0 Å². The zero-order valence-electron chi connectivity index (χ0n) is 18.6. The second-order valence-corrected chi connectivity index (χ2v) is 6.81. The van der Waals surface area contributed by atoms with Gasteiger partial charge >= 0.3 is 0 Å². The number of anilines is 4. The molecule has 2 heterocycles. The Bertz CT molecular complexity index is 1050. The molecule has 12 heteroatoms. The molecule has 0 radical (unpaired) electrons. The maximum atomic E-state index is 6.07. The van der Waals surface area contributed by atoms with Gasteiger partial charge in [-0.1, -0.05) is 26.0 Å². The van der Waals surface area contributed by atoms with Crippen molar-refractivity contribution >= 4 is 48.3 Å². The molecule has 0 aliphatic heterocycles. The molecular weight excluding hydrogens is 467 g/mol. The smallest absolute Gasteiger partial charge is 0.222 e. The number of aryl methyl sites for hydroxylation is 2. The molecule has 0 aliphatic rings. The summed E-state index contributed by atoms with van der Waals surface area (Å²) in [4.78, 5) is 16.5. The fourth-order valence-corrected chi connectivity index (χ4v) is 3.19. The minimum Gasteiger partial charge on any atom is -0.493 e. The van der Waals surface area contributed by atoms with Gasteiger partial charge in [-0.2, -0.15) is 9.97 Å². The van der Waals surface area contributed by atoms with Crippen LogP contribution >= 0.6 is 24.8 Å². The van der Waals surface area contributed by atoms with Gasteiger partial charge in [0.15, 0.2) is 11.6 Å². The van der Waals surface area contributed by atoms with Crippen molar-refractivity contribution < 1.29 is 9.47 Å². The lowest BCUT2D eigenvalue weighted by Gasteiger charge is -2.13. The van der Waals surface area contributed by atoms with Gasteiger partial charge in [0.1, 0.15) is 11.6 Å². The van der Waals surface area contributed by atoms with Crippen molar-refractivity contribution in [2.75, 3.05) is 36.1 Å². The lowest BCUT2D eigenvalue weighted by molar-refractivity contribution is 0.246. The van der Waals surface area contributed by atoms with Gasteiger partial charge in [-0.05, 0) is 30.5 Å². The lowest BCUT2D eigenvalue weighted by Crippen LogP contribution is -2.11. The van der Waals surface area contributed by atoms with E-state index in [0.29, 0.717) is 49.7 Å². The average molecular weight is 497 g/mol. The zero-order valence-corrected chi connectivity index (χ0v) is 20.2. The van der Waals surface area contributed by atoms with Crippen molar-refractivity contribution in [3.63, 3.8) is 0 Å². The number of nitrogens with zero attached hydrogens (tertiary/aromatic N) is 4. The minimum absolute atomic E-state index is 0. The topological polar surface area (TPSA) is 174 Å². The summed E-state index contributed by atoms with van der Waals surface area (Å²) in [6, 6.07) is 7.62. The molecule has 0 amide bonds. The molecule has 2 aromatic heterocycles. The fourth-order valence-electron chi connectivity index (χ4n) is 3.19. The van der Waals surface area contributed by atoms with E-state index in [4.69, 9.17) is 32.4 Å². The van der Waals surface area contributed by atoms with E-state index >= 15 is 0 Å². The number of halogens is 2. The predicted octanol–water partition coefficient (Wildman–Crippen LogP) is 3.08. The molecule has 0 unspecified atom stereocenters. The lowest BCUT2D eigenvalue weighted by atomic mass is 10.0. The monoisotopic (exact) mass is 496 g/mol. The first-order chi connectivity index (χ1) is 14.9. The second kappa shape index (κ2) is 12.7. The van der Waals surface area contributed by atoms with Crippen molar-refractivity contribution in [3.05, 3.63) is 35.7 Å². The molecular formula is C21H30Cl2N8O2. The molecule has 10 nitrogen and oxygen atoms in total. The summed E-state index contributed by atoms with van der Waals surface area (Å²) in [6.45, 7) is 4.85. The Hall–Kier alpha value is -3.24. The molecule has 0 aliphatic carbocycles. The van der Waals surface area contributed by atoms with Crippen LogP contribution in [0.15, 0.2) is 24.3 Å². The molecule has 1 aromatic carbocycles. The highest BCUT2D eigenvalue weighted by molar-refractivity contribution is 5.85. The number of nitrogens with two attached hydrogens (primary N) is 4. The molecule has 0 spiro atoms. The molecule has 33 heavy (non-hydrogen) atoms. The van der Waals surface area contributed by atoms with Crippen molar-refractivity contribution in [1.29, 1.82) is 0 Å². The molecule has 0 saturated heterocycles. The SMILES string of the molecule is CCc1nc(N)nc(N)c1OCCCOc1ccc(-c2c(N)nc(N)nc2CC)cc1.Cl.Cl. The first-order valence-corrected chi connectivity index (χ1v) is 10.1. The standard InChI is InChI=1S/C21H28N8O2.2ClH/c1-3-14-16(18(22)28-20(24)26-14)12-6-8-13(9-7-12)30-10-5-11-31-17-15(4-2)27-21(25)29-19(17)23;;/h6-9H,3-5,10-11H2,1-2H3,(H4,22,24,26,28)(H4,23,25,27,29);2*1H. The maximum Gasteiger partial charge on any atom is 0.222 e. The minimum atomic E-state index is 0. The Labute approximate surface area is 205 Å². The van der Waals surface area contributed by atoms with E-state index in [2.05, 4.69) is 19.9 Å². The van der Waals surface area contributed by atoms with Crippen LogP contribution in [-0.4, -0.2) is 33.1 Å². The molecule has 8 N–H and O–H groups in total. The molecule has 0 atom stereocenters. The van der Waals surface area contributed by atoms with Crippen LogP contribution in [0.4, 0.5) is 23.5 Å². The van der Waals surface area contributed by atoms with E-state index in [1.54, 1.807) is 0 Å². The summed E-state index contributed by atoms with van der Waals surface area (Å²) < 4.78 is 11.6. The number of hydrogen-bond acceptors (Lipinski definition) is 10. The molecule has 0 saturated carbocycles. The zero-order chi connectivity index (χ0) is 22.4. The van der Waals surface area contributed by atoms with Crippen molar-refractivity contribution in [1.82, 2.24) is 19.9 Å². The van der Waals surface area contributed by atoms with Crippen LogP contribution in [0, 0.1) is 0 Å². The normalized spacial score (nSPS) is 10.1. The van der Waals surface area contributed by atoms with Gasteiger partial charge in [0, 0.05) is 12.0 Å². The summed E-state index contributed by atoms with van der Waals surface area (Å²) in [7, 11) is 0. The Balaban J connectivity index is 0.00000272. The molecule has 3 rings (SSSR count). The number of benzene rings is 1. The first-order valence-electron chi connectivity index (χ1n) is 10.1. The van der Waals surface area contributed by atoms with E-state index in [1.165, 1.54) is 0 Å². The van der Waals surface area contributed by atoms with Gasteiger partial charge in [0.05, 0.1) is 24.6 Å². The van der Waals surface area contributed by atoms with E-state index in [1.807, 2.05) is 38.1 Å². The Morgan fingerprint density at radius 1 is 0.697 bits per heavy atom. The van der Waals surface area contributed by atoms with Gasteiger partial charge in [-0.25, -0.2) is 9.97 Å². The highest BCUT2D eigenvalue weighted by Gasteiger charge is 2.13.